The van der Waals surface area contributed by atoms with E-state index < -0.39 is 5.97 Å². The van der Waals surface area contributed by atoms with E-state index in [1.54, 1.807) is 17.6 Å². The van der Waals surface area contributed by atoms with Gasteiger partial charge in [0, 0.05) is 11.8 Å². The molecule has 0 spiro atoms. The molecule has 19 heavy (non-hydrogen) atoms. The average Bonchev–Trinajstić information content (AvgIpc) is 2.84. The van der Waals surface area contributed by atoms with Crippen molar-refractivity contribution in [1.29, 1.82) is 0 Å². The van der Waals surface area contributed by atoms with Gasteiger partial charge >= 0.3 is 5.97 Å². The van der Waals surface area contributed by atoms with E-state index in [-0.39, 0.29) is 5.56 Å². The third-order valence-corrected chi connectivity index (χ3v) is 3.08. The summed E-state index contributed by atoms with van der Waals surface area (Å²) < 4.78 is 1.56. The maximum absolute atomic E-state index is 11.1. The standard InChI is InChI=1S/C14H11N3O2/c1-9-11(14(18)19)7-15-13-12(8-16-17(9)13)10-5-3-2-4-6-10/h2-8H,1H3,(H,18,19). The van der Waals surface area contributed by atoms with Crippen molar-refractivity contribution in [3.05, 3.63) is 54.0 Å². The van der Waals surface area contributed by atoms with Crippen LogP contribution in [0.3, 0.4) is 0 Å². The zero-order chi connectivity index (χ0) is 13.4. The van der Waals surface area contributed by atoms with Gasteiger partial charge in [-0.15, -0.1) is 0 Å². The van der Waals surface area contributed by atoms with Gasteiger partial charge in [-0.1, -0.05) is 30.3 Å². The predicted octanol–water partition coefficient (Wildman–Crippen LogP) is 2.40. The van der Waals surface area contributed by atoms with Crippen molar-refractivity contribution in [2.75, 3.05) is 0 Å². The molecule has 0 bridgehead atoms. The minimum Gasteiger partial charge on any atom is -0.478 e. The van der Waals surface area contributed by atoms with Crippen molar-refractivity contribution in [3.8, 4) is 11.1 Å². The fourth-order valence-electron chi connectivity index (χ4n) is 2.08. The summed E-state index contributed by atoms with van der Waals surface area (Å²) in [4.78, 5) is 15.3. The molecule has 3 aromatic rings. The topological polar surface area (TPSA) is 67.5 Å². The lowest BCUT2D eigenvalue weighted by atomic mass is 10.1. The molecule has 94 valence electrons. The Balaban J connectivity index is 2.26. The number of benzene rings is 1. The third kappa shape index (κ3) is 1.76. The second-order valence-electron chi connectivity index (χ2n) is 4.22. The number of hydrogen-bond donors (Lipinski definition) is 1. The Morgan fingerprint density at radius 3 is 2.63 bits per heavy atom. The lowest BCUT2D eigenvalue weighted by Crippen LogP contribution is -2.06. The Labute approximate surface area is 109 Å². The lowest BCUT2D eigenvalue weighted by Gasteiger charge is -2.04. The van der Waals surface area contributed by atoms with Crippen molar-refractivity contribution in [2.45, 2.75) is 6.92 Å². The Morgan fingerprint density at radius 2 is 1.95 bits per heavy atom. The smallest absolute Gasteiger partial charge is 0.339 e. The molecule has 0 radical (unpaired) electrons. The van der Waals surface area contributed by atoms with E-state index >= 15 is 0 Å². The summed E-state index contributed by atoms with van der Waals surface area (Å²) in [5, 5.41) is 13.3. The maximum Gasteiger partial charge on any atom is 0.339 e. The Hall–Kier alpha value is -2.69. The predicted molar refractivity (Wildman–Crippen MR) is 70.1 cm³/mol. The Morgan fingerprint density at radius 1 is 1.21 bits per heavy atom. The highest BCUT2D eigenvalue weighted by Gasteiger charge is 2.14. The summed E-state index contributed by atoms with van der Waals surface area (Å²) >= 11 is 0. The van der Waals surface area contributed by atoms with Crippen LogP contribution in [0.2, 0.25) is 0 Å². The fraction of sp³-hybridized carbons (Fsp3) is 0.0714. The largest absolute Gasteiger partial charge is 0.478 e. The Kier molecular flexibility index (Phi) is 2.52. The summed E-state index contributed by atoms with van der Waals surface area (Å²) in [6.07, 6.45) is 3.08. The minimum atomic E-state index is -0.997. The van der Waals surface area contributed by atoms with Gasteiger partial charge in [0.15, 0.2) is 5.65 Å². The van der Waals surface area contributed by atoms with E-state index in [9.17, 15) is 4.79 Å². The fourth-order valence-corrected chi connectivity index (χ4v) is 2.08. The van der Waals surface area contributed by atoms with Gasteiger partial charge in [-0.3, -0.25) is 0 Å². The maximum atomic E-state index is 11.1. The molecule has 5 nitrogen and oxygen atoms in total. The molecule has 0 aliphatic rings. The number of nitrogens with zero attached hydrogens (tertiary/aromatic N) is 3. The number of fused-ring (bicyclic) bond motifs is 1. The Bertz CT molecular complexity index is 763. The zero-order valence-corrected chi connectivity index (χ0v) is 10.2. The molecule has 1 aromatic carbocycles. The van der Waals surface area contributed by atoms with Crippen LogP contribution >= 0.6 is 0 Å². The van der Waals surface area contributed by atoms with Gasteiger partial charge in [0.2, 0.25) is 0 Å². The molecule has 0 aliphatic heterocycles. The molecule has 0 saturated carbocycles. The quantitative estimate of drug-likeness (QED) is 0.761. The molecule has 0 unspecified atom stereocenters. The number of carboxylic acid groups (broad SMARTS) is 1. The molecule has 0 aliphatic carbocycles. The monoisotopic (exact) mass is 253 g/mol. The molecule has 0 fully saturated rings. The molecular formula is C14H11N3O2. The second kappa shape index (κ2) is 4.20. The number of aryl methyl sites for hydroxylation is 1. The van der Waals surface area contributed by atoms with E-state index in [2.05, 4.69) is 10.1 Å². The highest BCUT2D eigenvalue weighted by molar-refractivity contribution is 5.89. The molecule has 0 amide bonds. The molecule has 5 heteroatoms. The second-order valence-corrected chi connectivity index (χ2v) is 4.22. The van der Waals surface area contributed by atoms with Crippen molar-refractivity contribution in [2.24, 2.45) is 0 Å². The first-order valence-corrected chi connectivity index (χ1v) is 5.80. The molecule has 1 N–H and O–H groups in total. The van der Waals surface area contributed by atoms with E-state index in [0.717, 1.165) is 11.1 Å². The third-order valence-electron chi connectivity index (χ3n) is 3.08. The van der Waals surface area contributed by atoms with Crippen LogP contribution in [0.15, 0.2) is 42.7 Å². The molecule has 3 rings (SSSR count). The first kappa shape index (κ1) is 11.4. The first-order valence-electron chi connectivity index (χ1n) is 5.80. The molecule has 0 saturated heterocycles. The first-order chi connectivity index (χ1) is 9.18. The van der Waals surface area contributed by atoms with Crippen LogP contribution in [-0.4, -0.2) is 25.7 Å². The van der Waals surface area contributed by atoms with Gasteiger partial charge in [0.1, 0.15) is 0 Å². The van der Waals surface area contributed by atoms with Gasteiger partial charge in [-0.05, 0) is 12.5 Å². The summed E-state index contributed by atoms with van der Waals surface area (Å²) in [7, 11) is 0. The van der Waals surface area contributed by atoms with Gasteiger partial charge in [0.25, 0.3) is 0 Å². The summed E-state index contributed by atoms with van der Waals surface area (Å²) in [5.41, 5.74) is 3.29. The van der Waals surface area contributed by atoms with Gasteiger partial charge in [0.05, 0.1) is 17.5 Å². The molecule has 0 atom stereocenters. The average molecular weight is 253 g/mol. The van der Waals surface area contributed by atoms with Crippen molar-refractivity contribution >= 4 is 11.6 Å². The summed E-state index contributed by atoms with van der Waals surface area (Å²) in [5.74, 6) is -0.997. The highest BCUT2D eigenvalue weighted by Crippen LogP contribution is 2.24. The lowest BCUT2D eigenvalue weighted by molar-refractivity contribution is 0.0695. The van der Waals surface area contributed by atoms with Crippen LogP contribution in [-0.2, 0) is 0 Å². The number of hydrogen-bond acceptors (Lipinski definition) is 3. The van der Waals surface area contributed by atoms with Crippen LogP contribution in [0.1, 0.15) is 16.1 Å². The normalized spacial score (nSPS) is 10.8. The van der Waals surface area contributed by atoms with E-state index in [4.69, 9.17) is 5.11 Å². The van der Waals surface area contributed by atoms with Gasteiger partial charge in [-0.25, -0.2) is 14.3 Å². The van der Waals surface area contributed by atoms with Crippen LogP contribution in [0, 0.1) is 6.92 Å². The number of aromatic carboxylic acids is 1. The SMILES string of the molecule is Cc1c(C(=O)O)cnc2c(-c3ccccc3)cnn12. The number of carbonyl (C=O) groups is 1. The minimum absolute atomic E-state index is 0.162. The van der Waals surface area contributed by atoms with E-state index in [1.807, 2.05) is 30.3 Å². The summed E-state index contributed by atoms with van der Waals surface area (Å²) in [6, 6.07) is 9.77. The van der Waals surface area contributed by atoms with Crippen LogP contribution < -0.4 is 0 Å². The zero-order valence-electron chi connectivity index (χ0n) is 10.2. The van der Waals surface area contributed by atoms with Crippen molar-refractivity contribution in [3.63, 3.8) is 0 Å². The molecular weight excluding hydrogens is 242 g/mol. The van der Waals surface area contributed by atoms with Gasteiger partial charge < -0.3 is 5.11 Å². The number of rotatable bonds is 2. The van der Waals surface area contributed by atoms with E-state index in [0.29, 0.717) is 11.3 Å². The van der Waals surface area contributed by atoms with Crippen LogP contribution in [0.5, 0.6) is 0 Å². The molecule has 2 heterocycles. The van der Waals surface area contributed by atoms with Gasteiger partial charge in [-0.2, -0.15) is 5.10 Å². The van der Waals surface area contributed by atoms with Crippen LogP contribution in [0.4, 0.5) is 0 Å². The summed E-state index contributed by atoms with van der Waals surface area (Å²) in [6.45, 7) is 1.72. The molecule has 2 aromatic heterocycles. The van der Waals surface area contributed by atoms with Crippen LogP contribution in [0.25, 0.3) is 16.8 Å². The highest BCUT2D eigenvalue weighted by atomic mass is 16.4. The number of aromatic nitrogens is 3. The van der Waals surface area contributed by atoms with E-state index in [1.165, 1.54) is 6.20 Å². The van der Waals surface area contributed by atoms with Crippen molar-refractivity contribution < 1.29 is 9.90 Å². The van der Waals surface area contributed by atoms with Crippen molar-refractivity contribution in [1.82, 2.24) is 14.6 Å². The number of carboxylic acids is 1.